The van der Waals surface area contributed by atoms with Crippen molar-refractivity contribution in [2.24, 2.45) is 5.73 Å². The summed E-state index contributed by atoms with van der Waals surface area (Å²) in [5.41, 5.74) is 8.12. The van der Waals surface area contributed by atoms with E-state index in [1.807, 2.05) is 6.92 Å². The molecule has 9 heavy (non-hydrogen) atoms. The van der Waals surface area contributed by atoms with Crippen molar-refractivity contribution >= 4 is 0 Å². The fourth-order valence-corrected chi connectivity index (χ4v) is 0.351. The average Bonchev–Trinajstić information content (AvgIpc) is 1.89. The molecule has 0 aromatic rings. The van der Waals surface area contributed by atoms with Crippen LogP contribution in [0.4, 0.5) is 0 Å². The van der Waals surface area contributed by atoms with Crippen LogP contribution in [0.5, 0.6) is 0 Å². The van der Waals surface area contributed by atoms with E-state index >= 15 is 0 Å². The van der Waals surface area contributed by atoms with Crippen molar-refractivity contribution < 1.29 is 4.84 Å². The maximum Gasteiger partial charge on any atom is 0.0679 e. The summed E-state index contributed by atoms with van der Waals surface area (Å²) < 4.78 is 0. The van der Waals surface area contributed by atoms with Crippen LogP contribution in [-0.2, 0) is 4.84 Å². The molecule has 0 heterocycles. The molecule has 0 bridgehead atoms. The first kappa shape index (κ1) is 8.88. The zero-order valence-corrected chi connectivity index (χ0v) is 6.18. The Morgan fingerprint density at radius 3 is 2.78 bits per heavy atom. The molecule has 3 heteroatoms. The number of nitrogens with one attached hydrogen (secondary N) is 1. The lowest BCUT2D eigenvalue weighted by molar-refractivity contribution is 0.0225. The minimum absolute atomic E-state index is 0.261. The molecule has 0 aromatic heterocycles. The number of hydroxylamine groups is 1. The second-order valence-electron chi connectivity index (χ2n) is 2.10. The smallest absolute Gasteiger partial charge is 0.0679 e. The van der Waals surface area contributed by atoms with Gasteiger partial charge in [-0.15, -0.1) is 0 Å². The van der Waals surface area contributed by atoms with Gasteiger partial charge < -0.3 is 10.6 Å². The minimum atomic E-state index is 0.261. The highest BCUT2D eigenvalue weighted by Gasteiger charge is 1.94. The molecule has 1 unspecified atom stereocenters. The summed E-state index contributed by atoms with van der Waals surface area (Å²) in [6, 6.07) is 0.261. The fraction of sp³-hybridized carbons (Fsp3) is 1.00. The van der Waals surface area contributed by atoms with Gasteiger partial charge in [-0.25, -0.2) is 0 Å². The van der Waals surface area contributed by atoms with Crippen LogP contribution in [0.3, 0.4) is 0 Å². The highest BCUT2D eigenvalue weighted by Crippen LogP contribution is 1.78. The molecule has 0 spiro atoms. The zero-order valence-electron chi connectivity index (χ0n) is 6.18. The van der Waals surface area contributed by atoms with Crippen LogP contribution in [0.2, 0.25) is 0 Å². The third-order valence-electron chi connectivity index (χ3n) is 0.944. The second kappa shape index (κ2) is 6.01. The highest BCUT2D eigenvalue weighted by atomic mass is 16.6. The topological polar surface area (TPSA) is 47.3 Å². The van der Waals surface area contributed by atoms with Crippen LogP contribution in [0, 0.1) is 0 Å². The van der Waals surface area contributed by atoms with Gasteiger partial charge in [0.05, 0.1) is 6.61 Å². The molecule has 0 aliphatic heterocycles. The molecule has 0 saturated carbocycles. The normalized spacial score (nSPS) is 13.7. The van der Waals surface area contributed by atoms with Crippen molar-refractivity contribution in [2.45, 2.75) is 26.3 Å². The van der Waals surface area contributed by atoms with Crippen molar-refractivity contribution in [2.75, 3.05) is 13.2 Å². The Kier molecular flexibility index (Phi) is 5.93. The van der Waals surface area contributed by atoms with E-state index in [-0.39, 0.29) is 6.04 Å². The molecule has 0 aromatic carbocycles. The summed E-state index contributed by atoms with van der Waals surface area (Å²) in [5.74, 6) is 0. The van der Waals surface area contributed by atoms with Crippen LogP contribution in [0.1, 0.15) is 20.3 Å². The Bertz CT molecular complexity index is 59.0. The monoisotopic (exact) mass is 132 g/mol. The van der Waals surface area contributed by atoms with E-state index in [9.17, 15) is 0 Å². The Morgan fingerprint density at radius 1 is 1.67 bits per heavy atom. The summed E-state index contributed by atoms with van der Waals surface area (Å²) in [7, 11) is 0. The Labute approximate surface area is 56.5 Å². The maximum absolute atomic E-state index is 5.31. The minimum Gasteiger partial charge on any atom is -0.329 e. The predicted octanol–water partition coefficient (Wildman–Crippen LogP) is 0.265. The molecule has 0 aliphatic rings. The van der Waals surface area contributed by atoms with E-state index in [1.54, 1.807) is 0 Å². The van der Waals surface area contributed by atoms with E-state index in [1.165, 1.54) is 0 Å². The molecule has 0 amide bonds. The van der Waals surface area contributed by atoms with E-state index in [4.69, 9.17) is 10.6 Å². The van der Waals surface area contributed by atoms with Gasteiger partial charge >= 0.3 is 0 Å². The third kappa shape index (κ3) is 5.76. The van der Waals surface area contributed by atoms with Crippen molar-refractivity contribution in [1.82, 2.24) is 5.48 Å². The lowest BCUT2D eigenvalue weighted by Gasteiger charge is -2.09. The molecular weight excluding hydrogens is 116 g/mol. The summed E-state index contributed by atoms with van der Waals surface area (Å²) in [6.07, 6.45) is 1.03. The molecule has 0 aliphatic carbocycles. The standard InChI is InChI=1S/C6H16N2O/c1-3-4-9-8-6(2)5-7/h6,8H,3-5,7H2,1-2H3. The molecule has 56 valence electrons. The predicted molar refractivity (Wildman–Crippen MR) is 37.9 cm³/mol. The van der Waals surface area contributed by atoms with Crippen LogP contribution in [0.15, 0.2) is 0 Å². The van der Waals surface area contributed by atoms with Gasteiger partial charge in [0.1, 0.15) is 0 Å². The Balaban J connectivity index is 2.88. The summed E-state index contributed by atoms with van der Waals surface area (Å²) in [4.78, 5) is 5.01. The van der Waals surface area contributed by atoms with Crippen LogP contribution >= 0.6 is 0 Å². The molecule has 0 saturated heterocycles. The Hall–Kier alpha value is -0.120. The van der Waals surface area contributed by atoms with Gasteiger partial charge in [0.2, 0.25) is 0 Å². The maximum atomic E-state index is 5.31. The molecule has 0 radical (unpaired) electrons. The first-order valence-electron chi connectivity index (χ1n) is 3.38. The first-order valence-corrected chi connectivity index (χ1v) is 3.38. The van der Waals surface area contributed by atoms with Gasteiger partial charge in [-0.05, 0) is 13.3 Å². The van der Waals surface area contributed by atoms with Gasteiger partial charge in [-0.3, -0.25) is 0 Å². The van der Waals surface area contributed by atoms with Crippen LogP contribution in [0.25, 0.3) is 0 Å². The molecule has 3 nitrogen and oxygen atoms in total. The quantitative estimate of drug-likeness (QED) is 0.417. The van der Waals surface area contributed by atoms with Gasteiger partial charge in [0.15, 0.2) is 0 Å². The number of hydrogen-bond acceptors (Lipinski definition) is 3. The largest absolute Gasteiger partial charge is 0.329 e. The molecule has 0 rings (SSSR count). The van der Waals surface area contributed by atoms with Crippen molar-refractivity contribution in [3.63, 3.8) is 0 Å². The van der Waals surface area contributed by atoms with Crippen molar-refractivity contribution in [1.29, 1.82) is 0 Å². The van der Waals surface area contributed by atoms with Gasteiger partial charge in [-0.2, -0.15) is 5.48 Å². The van der Waals surface area contributed by atoms with Crippen LogP contribution < -0.4 is 11.2 Å². The SMILES string of the molecule is CCCONC(C)CN. The zero-order chi connectivity index (χ0) is 7.11. The number of hydrogen-bond donors (Lipinski definition) is 2. The van der Waals surface area contributed by atoms with Gasteiger partial charge in [0, 0.05) is 12.6 Å². The fourth-order valence-electron chi connectivity index (χ4n) is 0.351. The lowest BCUT2D eigenvalue weighted by atomic mass is 10.4. The molecule has 1 atom stereocenters. The molecule has 3 N–H and O–H groups in total. The van der Waals surface area contributed by atoms with E-state index in [2.05, 4.69) is 12.4 Å². The second-order valence-corrected chi connectivity index (χ2v) is 2.10. The highest BCUT2D eigenvalue weighted by molar-refractivity contribution is 4.51. The number of nitrogens with two attached hydrogens (primary N) is 1. The first-order chi connectivity index (χ1) is 4.31. The van der Waals surface area contributed by atoms with E-state index < -0.39 is 0 Å². The average molecular weight is 132 g/mol. The third-order valence-corrected chi connectivity index (χ3v) is 0.944. The number of rotatable bonds is 5. The Morgan fingerprint density at radius 2 is 2.33 bits per heavy atom. The van der Waals surface area contributed by atoms with Crippen molar-refractivity contribution in [3.05, 3.63) is 0 Å². The molecule has 0 fully saturated rings. The lowest BCUT2D eigenvalue weighted by Crippen LogP contribution is -2.33. The van der Waals surface area contributed by atoms with Gasteiger partial charge in [-0.1, -0.05) is 6.92 Å². The summed E-state index contributed by atoms with van der Waals surface area (Å²) in [5, 5.41) is 0. The summed E-state index contributed by atoms with van der Waals surface area (Å²) in [6.45, 7) is 5.42. The van der Waals surface area contributed by atoms with Crippen LogP contribution in [-0.4, -0.2) is 19.2 Å². The summed E-state index contributed by atoms with van der Waals surface area (Å²) >= 11 is 0. The van der Waals surface area contributed by atoms with E-state index in [0.717, 1.165) is 13.0 Å². The van der Waals surface area contributed by atoms with Crippen molar-refractivity contribution in [3.8, 4) is 0 Å². The molecular formula is C6H16N2O. The van der Waals surface area contributed by atoms with Gasteiger partial charge in [0.25, 0.3) is 0 Å². The van der Waals surface area contributed by atoms with E-state index in [0.29, 0.717) is 6.54 Å².